The summed E-state index contributed by atoms with van der Waals surface area (Å²) in [5.74, 6) is -1.56. The summed E-state index contributed by atoms with van der Waals surface area (Å²) in [4.78, 5) is 2.21. The summed E-state index contributed by atoms with van der Waals surface area (Å²) < 4.78 is 25.7. The third-order valence-electron chi connectivity index (χ3n) is 2.33. The van der Waals surface area contributed by atoms with E-state index in [-0.39, 0.29) is 0 Å². The van der Waals surface area contributed by atoms with Crippen LogP contribution in [0.3, 0.4) is 0 Å². The van der Waals surface area contributed by atoms with E-state index in [0.29, 0.717) is 6.54 Å². The van der Waals surface area contributed by atoms with Gasteiger partial charge in [-0.2, -0.15) is 0 Å². The molecule has 90 valence electrons. The number of hydrogen-bond acceptors (Lipinski definition) is 1. The zero-order chi connectivity index (χ0) is 12.0. The first-order chi connectivity index (χ1) is 7.67. The van der Waals surface area contributed by atoms with E-state index in [1.807, 2.05) is 0 Å². The average Bonchev–Trinajstić information content (AvgIpc) is 2.24. The normalized spacial score (nSPS) is 11.1. The molecule has 1 nitrogen and oxygen atoms in total. The lowest BCUT2D eigenvalue weighted by molar-refractivity contribution is 0.283. The van der Waals surface area contributed by atoms with Crippen LogP contribution in [0.1, 0.15) is 18.9 Å². The summed E-state index contributed by atoms with van der Waals surface area (Å²) in [6.45, 7) is 4.64. The minimum absolute atomic E-state index is 0.663. The summed E-state index contributed by atoms with van der Waals surface area (Å²) >= 11 is 3.38. The molecule has 0 aliphatic rings. The van der Waals surface area contributed by atoms with Gasteiger partial charge in [-0.25, -0.2) is 8.78 Å². The minimum Gasteiger partial charge on any atom is -0.298 e. The van der Waals surface area contributed by atoms with Crippen molar-refractivity contribution in [3.63, 3.8) is 0 Å². The molecule has 1 aromatic carbocycles. The van der Waals surface area contributed by atoms with E-state index < -0.39 is 11.6 Å². The van der Waals surface area contributed by atoms with Gasteiger partial charge in [0.25, 0.3) is 0 Å². The third-order valence-corrected chi connectivity index (χ3v) is 2.69. The maximum Gasteiger partial charge on any atom is 0.159 e. The van der Waals surface area contributed by atoms with Crippen molar-refractivity contribution in [3.05, 3.63) is 35.4 Å². The topological polar surface area (TPSA) is 3.24 Å². The van der Waals surface area contributed by atoms with E-state index in [1.165, 1.54) is 12.1 Å². The molecule has 1 aromatic rings. The molecule has 0 saturated heterocycles. The van der Waals surface area contributed by atoms with Crippen molar-refractivity contribution in [2.24, 2.45) is 0 Å². The van der Waals surface area contributed by atoms with Gasteiger partial charge in [0.05, 0.1) is 0 Å². The van der Waals surface area contributed by atoms with Crippen molar-refractivity contribution in [3.8, 4) is 0 Å². The van der Waals surface area contributed by atoms with E-state index in [2.05, 4.69) is 27.8 Å². The van der Waals surface area contributed by atoms with Crippen LogP contribution in [0, 0.1) is 11.6 Å². The van der Waals surface area contributed by atoms with Crippen LogP contribution in [0.2, 0.25) is 0 Å². The molecule has 16 heavy (non-hydrogen) atoms. The molecule has 0 saturated carbocycles. The Balaban J connectivity index is 2.65. The van der Waals surface area contributed by atoms with Crippen molar-refractivity contribution in [1.82, 2.24) is 4.90 Å². The van der Waals surface area contributed by atoms with Crippen LogP contribution in [-0.2, 0) is 6.54 Å². The Morgan fingerprint density at radius 2 is 1.94 bits per heavy atom. The van der Waals surface area contributed by atoms with Crippen LogP contribution in [0.4, 0.5) is 8.78 Å². The summed E-state index contributed by atoms with van der Waals surface area (Å²) in [5.41, 5.74) is 0.813. The minimum atomic E-state index is -0.786. The van der Waals surface area contributed by atoms with E-state index in [0.717, 1.165) is 30.4 Å². The highest BCUT2D eigenvalue weighted by Crippen LogP contribution is 2.11. The van der Waals surface area contributed by atoms with Gasteiger partial charge < -0.3 is 0 Å². The van der Waals surface area contributed by atoms with Gasteiger partial charge in [-0.15, -0.1) is 0 Å². The van der Waals surface area contributed by atoms with Gasteiger partial charge >= 0.3 is 0 Å². The van der Waals surface area contributed by atoms with E-state index in [9.17, 15) is 8.78 Å². The Labute approximate surface area is 104 Å². The lowest BCUT2D eigenvalue weighted by atomic mass is 10.2. The number of benzene rings is 1. The van der Waals surface area contributed by atoms with Crippen LogP contribution in [0.15, 0.2) is 18.2 Å². The third kappa shape index (κ3) is 4.18. The Kier molecular flexibility index (Phi) is 5.91. The van der Waals surface area contributed by atoms with E-state index in [1.54, 1.807) is 6.07 Å². The zero-order valence-electron chi connectivity index (χ0n) is 9.35. The molecule has 0 radical (unpaired) electrons. The monoisotopic (exact) mass is 291 g/mol. The summed E-state index contributed by atoms with van der Waals surface area (Å²) in [5, 5.41) is 0.886. The largest absolute Gasteiger partial charge is 0.298 e. The molecule has 0 bridgehead atoms. The number of halogens is 3. The molecule has 0 spiro atoms. The van der Waals surface area contributed by atoms with Crippen molar-refractivity contribution in [1.29, 1.82) is 0 Å². The molecule has 0 N–H and O–H groups in total. The summed E-state index contributed by atoms with van der Waals surface area (Å²) in [7, 11) is 0. The highest BCUT2D eigenvalue weighted by Gasteiger charge is 2.07. The predicted molar refractivity (Wildman–Crippen MR) is 65.7 cm³/mol. The molecule has 1 rings (SSSR count). The molecule has 0 amide bonds. The van der Waals surface area contributed by atoms with Crippen LogP contribution in [0.25, 0.3) is 0 Å². The van der Waals surface area contributed by atoms with Gasteiger partial charge in [-0.1, -0.05) is 28.9 Å². The number of nitrogens with zero attached hydrogens (tertiary/aromatic N) is 1. The second kappa shape index (κ2) is 6.97. The average molecular weight is 292 g/mol. The molecular formula is C12H16BrF2N. The number of hydrogen-bond donors (Lipinski definition) is 0. The van der Waals surface area contributed by atoms with Gasteiger partial charge in [-0.05, 0) is 30.7 Å². The Morgan fingerprint density at radius 3 is 2.50 bits per heavy atom. The van der Waals surface area contributed by atoms with Crippen LogP contribution >= 0.6 is 15.9 Å². The van der Waals surface area contributed by atoms with Gasteiger partial charge in [0.1, 0.15) is 0 Å². The maximum atomic E-state index is 13.0. The zero-order valence-corrected chi connectivity index (χ0v) is 10.9. The fourth-order valence-electron chi connectivity index (χ4n) is 1.60. The highest BCUT2D eigenvalue weighted by molar-refractivity contribution is 9.09. The predicted octanol–water partition coefficient (Wildman–Crippen LogP) is 3.57. The number of alkyl halides is 1. The first kappa shape index (κ1) is 13.6. The van der Waals surface area contributed by atoms with Gasteiger partial charge in [-0.3, -0.25) is 4.90 Å². The number of rotatable bonds is 6. The molecule has 4 heteroatoms. The van der Waals surface area contributed by atoms with Crippen molar-refractivity contribution < 1.29 is 8.78 Å². The molecular weight excluding hydrogens is 276 g/mol. The van der Waals surface area contributed by atoms with Gasteiger partial charge in [0, 0.05) is 18.4 Å². The molecule has 0 unspecified atom stereocenters. The van der Waals surface area contributed by atoms with Crippen molar-refractivity contribution >= 4 is 15.9 Å². The first-order valence-electron chi connectivity index (χ1n) is 5.39. The van der Waals surface area contributed by atoms with E-state index >= 15 is 0 Å². The maximum absolute atomic E-state index is 13.0. The summed E-state index contributed by atoms with van der Waals surface area (Å²) in [6.07, 6.45) is 1.05. The SMILES string of the molecule is CCCN(CCBr)Cc1ccc(F)c(F)c1. The Bertz CT molecular complexity index is 325. The van der Waals surface area contributed by atoms with Crippen LogP contribution in [0.5, 0.6) is 0 Å². The molecule has 0 heterocycles. The molecule has 0 aliphatic carbocycles. The fourth-order valence-corrected chi connectivity index (χ4v) is 2.10. The van der Waals surface area contributed by atoms with Gasteiger partial charge in [0.2, 0.25) is 0 Å². The Hall–Kier alpha value is -0.480. The lowest BCUT2D eigenvalue weighted by Gasteiger charge is -2.20. The van der Waals surface area contributed by atoms with Crippen LogP contribution in [-0.4, -0.2) is 23.3 Å². The molecule has 0 fully saturated rings. The fraction of sp³-hybridized carbons (Fsp3) is 0.500. The smallest absolute Gasteiger partial charge is 0.159 e. The summed E-state index contributed by atoms with van der Waals surface area (Å²) in [6, 6.07) is 4.09. The van der Waals surface area contributed by atoms with Crippen molar-refractivity contribution in [2.75, 3.05) is 18.4 Å². The van der Waals surface area contributed by atoms with Gasteiger partial charge in [0.15, 0.2) is 11.6 Å². The first-order valence-corrected chi connectivity index (χ1v) is 6.51. The van der Waals surface area contributed by atoms with Crippen molar-refractivity contribution in [2.45, 2.75) is 19.9 Å². The quantitative estimate of drug-likeness (QED) is 0.724. The highest BCUT2D eigenvalue weighted by atomic mass is 79.9. The standard InChI is InChI=1S/C12H16BrF2N/c1-2-6-16(7-5-13)9-10-3-4-11(14)12(15)8-10/h3-4,8H,2,5-7,9H2,1H3. The molecule has 0 aromatic heterocycles. The van der Waals surface area contributed by atoms with E-state index in [4.69, 9.17) is 0 Å². The second-order valence-electron chi connectivity index (χ2n) is 3.71. The Morgan fingerprint density at radius 1 is 1.19 bits per heavy atom. The molecule has 0 atom stereocenters. The van der Waals surface area contributed by atoms with Crippen LogP contribution < -0.4 is 0 Å². The second-order valence-corrected chi connectivity index (χ2v) is 4.51. The lowest BCUT2D eigenvalue weighted by Crippen LogP contribution is -2.26. The molecule has 0 aliphatic heterocycles.